The first-order valence-electron chi connectivity index (χ1n) is 11.0. The molecule has 10 heteroatoms. The van der Waals surface area contributed by atoms with Crippen molar-refractivity contribution in [3.63, 3.8) is 0 Å². The van der Waals surface area contributed by atoms with E-state index in [4.69, 9.17) is 15.5 Å². The lowest BCUT2D eigenvalue weighted by Gasteiger charge is -2.41. The SMILES string of the molecule is CNc1cc(F)cc2c1[nH]c1nc(Oc3cnc(C)nc3)nc(N3C[C@@H](C)[C@H](N)C[C@H]3C)c12. The van der Waals surface area contributed by atoms with Gasteiger partial charge in [0.1, 0.15) is 23.1 Å². The Labute approximate surface area is 190 Å². The molecule has 0 aliphatic carbocycles. The van der Waals surface area contributed by atoms with Gasteiger partial charge in [0.25, 0.3) is 0 Å². The molecule has 0 saturated carbocycles. The van der Waals surface area contributed by atoms with Crippen LogP contribution in [0.5, 0.6) is 11.8 Å². The Kier molecular flexibility index (Phi) is 5.24. The van der Waals surface area contributed by atoms with Crippen LogP contribution in [0.1, 0.15) is 26.1 Å². The lowest BCUT2D eigenvalue weighted by molar-refractivity contribution is 0.335. The van der Waals surface area contributed by atoms with E-state index in [0.717, 1.165) is 23.9 Å². The molecule has 0 bridgehead atoms. The smallest absolute Gasteiger partial charge is 0.326 e. The van der Waals surface area contributed by atoms with Gasteiger partial charge in [-0.05, 0) is 38.3 Å². The summed E-state index contributed by atoms with van der Waals surface area (Å²) in [6.45, 7) is 6.79. The number of hydrogen-bond donors (Lipinski definition) is 3. The number of benzene rings is 1. The van der Waals surface area contributed by atoms with Crippen molar-refractivity contribution >= 4 is 33.4 Å². The average Bonchev–Trinajstić information content (AvgIpc) is 3.15. The van der Waals surface area contributed by atoms with Gasteiger partial charge in [-0.2, -0.15) is 9.97 Å². The first kappa shape index (κ1) is 21.3. The zero-order valence-electron chi connectivity index (χ0n) is 19.1. The van der Waals surface area contributed by atoms with E-state index in [1.807, 2.05) is 0 Å². The van der Waals surface area contributed by atoms with Crippen LogP contribution >= 0.6 is 0 Å². The number of aromatic nitrogens is 5. The number of piperidine rings is 1. The van der Waals surface area contributed by atoms with Gasteiger partial charge in [0.05, 0.1) is 29.0 Å². The van der Waals surface area contributed by atoms with Crippen LogP contribution in [0.2, 0.25) is 0 Å². The minimum Gasteiger partial charge on any atom is -0.421 e. The van der Waals surface area contributed by atoms with Crippen LogP contribution in [-0.2, 0) is 0 Å². The van der Waals surface area contributed by atoms with E-state index in [1.165, 1.54) is 12.1 Å². The van der Waals surface area contributed by atoms with Crippen LogP contribution in [-0.4, -0.2) is 50.6 Å². The quantitative estimate of drug-likeness (QED) is 0.430. The van der Waals surface area contributed by atoms with Crippen LogP contribution in [0.4, 0.5) is 15.9 Å². The third-order valence-corrected chi connectivity index (χ3v) is 6.35. The van der Waals surface area contributed by atoms with Crippen molar-refractivity contribution in [2.45, 2.75) is 39.3 Å². The summed E-state index contributed by atoms with van der Waals surface area (Å²) in [4.78, 5) is 23.3. The number of nitrogens with zero attached hydrogens (tertiary/aromatic N) is 5. The predicted molar refractivity (Wildman–Crippen MR) is 126 cm³/mol. The molecule has 1 aromatic carbocycles. The monoisotopic (exact) mass is 450 g/mol. The molecule has 4 N–H and O–H groups in total. The summed E-state index contributed by atoms with van der Waals surface area (Å²) in [6.07, 6.45) is 3.99. The number of ether oxygens (including phenoxy) is 1. The lowest BCUT2D eigenvalue weighted by atomic mass is 9.90. The van der Waals surface area contributed by atoms with Gasteiger partial charge in [0.15, 0.2) is 5.75 Å². The molecule has 172 valence electrons. The van der Waals surface area contributed by atoms with Crippen molar-refractivity contribution in [3.8, 4) is 11.8 Å². The van der Waals surface area contributed by atoms with Crippen molar-refractivity contribution in [3.05, 3.63) is 36.2 Å². The number of rotatable bonds is 4. The van der Waals surface area contributed by atoms with Crippen molar-refractivity contribution in [1.82, 2.24) is 24.9 Å². The molecule has 4 heterocycles. The number of fused-ring (bicyclic) bond motifs is 3. The molecule has 3 aromatic heterocycles. The van der Waals surface area contributed by atoms with E-state index in [2.05, 4.69) is 44.0 Å². The summed E-state index contributed by atoms with van der Waals surface area (Å²) in [5.74, 6) is 1.71. The largest absolute Gasteiger partial charge is 0.421 e. The van der Waals surface area contributed by atoms with E-state index in [0.29, 0.717) is 34.1 Å². The van der Waals surface area contributed by atoms with Crippen molar-refractivity contribution in [1.29, 1.82) is 0 Å². The summed E-state index contributed by atoms with van der Waals surface area (Å²) < 4.78 is 20.4. The van der Waals surface area contributed by atoms with Crippen molar-refractivity contribution < 1.29 is 9.13 Å². The first-order valence-corrected chi connectivity index (χ1v) is 11.0. The molecule has 0 amide bonds. The van der Waals surface area contributed by atoms with E-state index >= 15 is 0 Å². The number of aromatic amines is 1. The Morgan fingerprint density at radius 1 is 1.21 bits per heavy atom. The normalized spacial score (nSPS) is 21.0. The van der Waals surface area contributed by atoms with Gasteiger partial charge in [0.2, 0.25) is 0 Å². The number of anilines is 2. The standard InChI is InChI=1S/C23H27FN8O/c1-11-10-32(12(2)5-17(11)25)22-19-16-6-14(24)7-18(26-4)20(16)29-21(19)30-23(31-22)33-15-8-27-13(3)28-9-15/h6-9,11-12,17,26H,5,10,25H2,1-4H3,(H,29,30,31)/t11-,12-,17-/m1/s1. The Morgan fingerprint density at radius 3 is 2.70 bits per heavy atom. The molecule has 0 radical (unpaired) electrons. The zero-order chi connectivity index (χ0) is 23.3. The zero-order valence-corrected chi connectivity index (χ0v) is 19.1. The third kappa shape index (κ3) is 3.80. The van der Waals surface area contributed by atoms with E-state index in [1.54, 1.807) is 26.4 Å². The van der Waals surface area contributed by atoms with Gasteiger partial charge >= 0.3 is 6.01 Å². The fourth-order valence-corrected chi connectivity index (χ4v) is 4.49. The highest BCUT2D eigenvalue weighted by molar-refractivity contribution is 6.14. The molecular weight excluding hydrogens is 423 g/mol. The van der Waals surface area contributed by atoms with Crippen LogP contribution in [0.3, 0.4) is 0 Å². The summed E-state index contributed by atoms with van der Waals surface area (Å²) in [5, 5.41) is 4.52. The molecule has 1 saturated heterocycles. The molecule has 1 fully saturated rings. The van der Waals surface area contributed by atoms with Crippen molar-refractivity contribution in [2.75, 3.05) is 23.8 Å². The summed E-state index contributed by atoms with van der Waals surface area (Å²) in [6, 6.07) is 3.39. The fraction of sp³-hybridized carbons (Fsp3) is 0.391. The van der Waals surface area contributed by atoms with E-state index < -0.39 is 0 Å². The van der Waals surface area contributed by atoms with Gasteiger partial charge in [-0.1, -0.05) is 6.92 Å². The number of aryl methyl sites for hydroxylation is 1. The van der Waals surface area contributed by atoms with Gasteiger partial charge < -0.3 is 25.7 Å². The Balaban J connectivity index is 1.72. The van der Waals surface area contributed by atoms with Crippen LogP contribution < -0.4 is 20.7 Å². The predicted octanol–water partition coefficient (Wildman–Crippen LogP) is 3.74. The molecule has 1 aliphatic heterocycles. The number of H-pyrrole nitrogens is 1. The summed E-state index contributed by atoms with van der Waals surface area (Å²) >= 11 is 0. The third-order valence-electron chi connectivity index (χ3n) is 6.35. The van der Waals surface area contributed by atoms with Gasteiger partial charge in [-0.3, -0.25) is 0 Å². The lowest BCUT2D eigenvalue weighted by Crippen LogP contribution is -2.51. The Morgan fingerprint density at radius 2 is 1.97 bits per heavy atom. The van der Waals surface area contributed by atoms with E-state index in [-0.39, 0.29) is 29.8 Å². The fourth-order valence-electron chi connectivity index (χ4n) is 4.49. The number of hydrogen-bond acceptors (Lipinski definition) is 8. The summed E-state index contributed by atoms with van der Waals surface area (Å²) in [5.41, 5.74) is 8.30. The molecule has 5 rings (SSSR count). The first-order chi connectivity index (χ1) is 15.8. The highest BCUT2D eigenvalue weighted by Gasteiger charge is 2.32. The van der Waals surface area contributed by atoms with E-state index in [9.17, 15) is 4.39 Å². The van der Waals surface area contributed by atoms with Crippen molar-refractivity contribution in [2.24, 2.45) is 11.7 Å². The maximum atomic E-state index is 14.5. The topological polar surface area (TPSA) is 118 Å². The number of nitrogens with one attached hydrogen (secondary N) is 2. The van der Waals surface area contributed by atoms with Gasteiger partial charge in [-0.25, -0.2) is 14.4 Å². The second-order valence-corrected chi connectivity index (χ2v) is 8.75. The Bertz CT molecular complexity index is 1320. The average molecular weight is 451 g/mol. The minimum absolute atomic E-state index is 0.116. The molecule has 33 heavy (non-hydrogen) atoms. The number of halogens is 1. The highest BCUT2D eigenvalue weighted by atomic mass is 19.1. The second-order valence-electron chi connectivity index (χ2n) is 8.75. The molecule has 4 aromatic rings. The molecule has 0 spiro atoms. The van der Waals surface area contributed by atoms with Crippen LogP contribution in [0.25, 0.3) is 21.9 Å². The maximum absolute atomic E-state index is 14.5. The minimum atomic E-state index is -0.335. The highest BCUT2D eigenvalue weighted by Crippen LogP contribution is 2.39. The van der Waals surface area contributed by atoms with Gasteiger partial charge in [-0.15, -0.1) is 0 Å². The molecular formula is C23H27FN8O. The molecule has 9 nitrogen and oxygen atoms in total. The Hall–Kier alpha value is -3.53. The number of nitrogens with two attached hydrogens (primary N) is 1. The van der Waals surface area contributed by atoms with Crippen LogP contribution in [0.15, 0.2) is 24.5 Å². The molecule has 1 aliphatic rings. The summed E-state index contributed by atoms with van der Waals surface area (Å²) in [7, 11) is 1.76. The second kappa shape index (κ2) is 8.11. The maximum Gasteiger partial charge on any atom is 0.326 e. The van der Waals surface area contributed by atoms with Gasteiger partial charge in [0, 0.05) is 31.1 Å². The molecule has 0 unspecified atom stereocenters. The van der Waals surface area contributed by atoms with Crippen LogP contribution in [0, 0.1) is 18.7 Å². The molecule has 3 atom stereocenters.